The number of nitrogens with zero attached hydrogens (tertiary/aromatic N) is 2. The van der Waals surface area contributed by atoms with Crippen molar-refractivity contribution in [3.8, 4) is 5.75 Å². The first-order valence-electron chi connectivity index (χ1n) is 9.75. The molecule has 0 aromatic heterocycles. The van der Waals surface area contributed by atoms with Gasteiger partial charge in [-0.25, -0.2) is 4.39 Å². The average Bonchev–Trinajstić information content (AvgIpc) is 2.70. The monoisotopic (exact) mass is 462 g/mol. The second-order valence-corrected chi connectivity index (χ2v) is 7.83. The lowest BCUT2D eigenvalue weighted by molar-refractivity contribution is 0.299. The molecule has 0 saturated carbocycles. The molecule has 4 nitrogen and oxygen atoms in total. The molecule has 1 N–H and O–H groups in total. The van der Waals surface area contributed by atoms with Crippen molar-refractivity contribution in [2.75, 3.05) is 26.7 Å². The zero-order chi connectivity index (χ0) is 21.1. The van der Waals surface area contributed by atoms with Gasteiger partial charge in [0.05, 0.1) is 6.61 Å². The molecule has 2 aromatic carbocycles. The Morgan fingerprint density at radius 3 is 2.55 bits per heavy atom. The maximum absolute atomic E-state index is 14.6. The van der Waals surface area contributed by atoms with Crippen LogP contribution in [0, 0.1) is 5.82 Å². The van der Waals surface area contributed by atoms with Gasteiger partial charge in [0.15, 0.2) is 0 Å². The predicted molar refractivity (Wildman–Crippen MR) is 120 cm³/mol. The van der Waals surface area contributed by atoms with Gasteiger partial charge in [-0.15, -0.1) is 6.58 Å². The van der Waals surface area contributed by atoms with E-state index in [9.17, 15) is 9.60 Å². The highest BCUT2D eigenvalue weighted by atomic mass is 79.9. The van der Waals surface area contributed by atoms with Gasteiger partial charge in [-0.05, 0) is 50.7 Å². The molecule has 6 heteroatoms. The van der Waals surface area contributed by atoms with Gasteiger partial charge in [0.1, 0.15) is 17.3 Å². The van der Waals surface area contributed by atoms with E-state index in [4.69, 9.17) is 4.74 Å². The third-order valence-electron chi connectivity index (χ3n) is 4.56. The van der Waals surface area contributed by atoms with E-state index in [0.717, 1.165) is 43.2 Å². The van der Waals surface area contributed by atoms with Crippen LogP contribution in [0.5, 0.6) is 5.75 Å². The Morgan fingerprint density at radius 2 is 1.90 bits per heavy atom. The van der Waals surface area contributed by atoms with Crippen LogP contribution >= 0.6 is 15.9 Å². The van der Waals surface area contributed by atoms with Gasteiger partial charge < -0.3 is 14.8 Å². The summed E-state index contributed by atoms with van der Waals surface area (Å²) in [7, 11) is 2.09. The van der Waals surface area contributed by atoms with Gasteiger partial charge in [-0.2, -0.15) is 0 Å². The zero-order valence-corrected chi connectivity index (χ0v) is 18.4. The summed E-state index contributed by atoms with van der Waals surface area (Å²) in [4.78, 5) is 2.24. The van der Waals surface area contributed by atoms with Crippen molar-refractivity contribution in [3.05, 3.63) is 76.5 Å². The van der Waals surface area contributed by atoms with Crippen molar-refractivity contribution in [3.63, 3.8) is 0 Å². The largest absolute Gasteiger partial charge is 0.493 e. The predicted octanol–water partition coefficient (Wildman–Crippen LogP) is 5.87. The zero-order valence-electron chi connectivity index (χ0n) is 16.8. The minimum Gasteiger partial charge on any atom is -0.493 e. The number of benzene rings is 2. The SMILES string of the molecule is C=CCN(C)CCCCCCOc1ccc(/C(=N\O)c2ccc(Br)cc2)c(F)c1. The van der Waals surface area contributed by atoms with Gasteiger partial charge >= 0.3 is 0 Å². The van der Waals surface area contributed by atoms with E-state index >= 15 is 0 Å². The second-order valence-electron chi connectivity index (χ2n) is 6.91. The first kappa shape index (κ1) is 23.1. The molecular weight excluding hydrogens is 435 g/mol. The van der Waals surface area contributed by atoms with E-state index in [1.165, 1.54) is 6.07 Å². The van der Waals surface area contributed by atoms with Gasteiger partial charge in [0.25, 0.3) is 0 Å². The number of oxime groups is 1. The maximum Gasteiger partial charge on any atom is 0.136 e. The Bertz CT molecular complexity index is 809. The third-order valence-corrected chi connectivity index (χ3v) is 5.09. The first-order chi connectivity index (χ1) is 14.0. The molecule has 2 rings (SSSR count). The Balaban J connectivity index is 1.82. The van der Waals surface area contributed by atoms with Gasteiger partial charge in [-0.1, -0.05) is 52.1 Å². The molecule has 0 saturated heterocycles. The summed E-state index contributed by atoms with van der Waals surface area (Å²) in [5, 5.41) is 12.7. The summed E-state index contributed by atoms with van der Waals surface area (Å²) in [6.07, 6.45) is 6.20. The lowest BCUT2D eigenvalue weighted by Crippen LogP contribution is -2.19. The van der Waals surface area contributed by atoms with E-state index in [2.05, 4.69) is 39.6 Å². The summed E-state index contributed by atoms with van der Waals surface area (Å²) in [5.74, 6) is -0.00598. The summed E-state index contributed by atoms with van der Waals surface area (Å²) < 4.78 is 21.1. The van der Waals surface area contributed by atoms with Crippen LogP contribution in [0.4, 0.5) is 4.39 Å². The molecule has 0 amide bonds. The number of likely N-dealkylation sites (N-methyl/N-ethyl adjacent to an activating group) is 1. The molecule has 2 aromatic rings. The van der Waals surface area contributed by atoms with Crippen molar-refractivity contribution >= 4 is 21.6 Å². The molecular formula is C23H28BrFN2O2. The van der Waals surface area contributed by atoms with Crippen molar-refractivity contribution in [1.82, 2.24) is 4.90 Å². The number of rotatable bonds is 12. The summed E-state index contributed by atoms with van der Waals surface area (Å²) >= 11 is 3.35. The Kier molecular flexibility index (Phi) is 9.88. The topological polar surface area (TPSA) is 45.1 Å². The highest BCUT2D eigenvalue weighted by molar-refractivity contribution is 9.10. The fraction of sp³-hybridized carbons (Fsp3) is 0.348. The molecule has 0 fully saturated rings. The molecule has 0 radical (unpaired) electrons. The van der Waals surface area contributed by atoms with Crippen LogP contribution in [0.3, 0.4) is 0 Å². The highest BCUT2D eigenvalue weighted by Gasteiger charge is 2.14. The van der Waals surface area contributed by atoms with Gasteiger partial charge in [-0.3, -0.25) is 0 Å². The fourth-order valence-corrected chi connectivity index (χ4v) is 3.26. The number of hydrogen-bond donors (Lipinski definition) is 1. The third kappa shape index (κ3) is 7.63. The van der Waals surface area contributed by atoms with E-state index < -0.39 is 5.82 Å². The molecule has 0 atom stereocenters. The Hall–Kier alpha value is -2.18. The van der Waals surface area contributed by atoms with Gasteiger partial charge in [0, 0.05) is 28.2 Å². The van der Waals surface area contributed by atoms with Crippen molar-refractivity contribution < 1.29 is 14.3 Å². The van der Waals surface area contributed by atoms with Crippen LogP contribution in [0.25, 0.3) is 0 Å². The second kappa shape index (κ2) is 12.4. The van der Waals surface area contributed by atoms with Crippen molar-refractivity contribution in [2.45, 2.75) is 25.7 Å². The Morgan fingerprint density at radius 1 is 1.17 bits per heavy atom. The summed E-state index contributed by atoms with van der Waals surface area (Å²) in [5.41, 5.74) is 1.04. The fourth-order valence-electron chi connectivity index (χ4n) is 2.99. The number of halogens is 2. The normalized spacial score (nSPS) is 11.7. The minimum atomic E-state index is -0.483. The van der Waals surface area contributed by atoms with Crippen molar-refractivity contribution in [2.24, 2.45) is 5.16 Å². The molecule has 0 bridgehead atoms. The van der Waals surface area contributed by atoms with Crippen LogP contribution in [0.2, 0.25) is 0 Å². The number of hydrogen-bond acceptors (Lipinski definition) is 4. The molecule has 0 aliphatic rings. The lowest BCUT2D eigenvalue weighted by atomic mass is 10.0. The van der Waals surface area contributed by atoms with E-state index in [1.807, 2.05) is 18.2 Å². The summed E-state index contributed by atoms with van der Waals surface area (Å²) in [6, 6.07) is 11.8. The number of ether oxygens (including phenoxy) is 1. The standard InChI is InChI=1S/C23H28BrFN2O2/c1-3-14-27(2)15-6-4-5-7-16-29-20-12-13-21(22(25)17-20)23(26-28)18-8-10-19(24)11-9-18/h3,8-13,17,28H,1,4-7,14-16H2,2H3/b26-23-. The van der Waals surface area contributed by atoms with Crippen LogP contribution in [-0.4, -0.2) is 42.6 Å². The molecule has 29 heavy (non-hydrogen) atoms. The van der Waals surface area contributed by atoms with E-state index in [1.54, 1.807) is 24.3 Å². The quantitative estimate of drug-likeness (QED) is 0.141. The highest BCUT2D eigenvalue weighted by Crippen LogP contribution is 2.21. The van der Waals surface area contributed by atoms with Crippen LogP contribution < -0.4 is 4.74 Å². The molecule has 0 heterocycles. The van der Waals surface area contributed by atoms with E-state index in [-0.39, 0.29) is 11.3 Å². The molecule has 0 aliphatic heterocycles. The van der Waals surface area contributed by atoms with E-state index in [0.29, 0.717) is 17.9 Å². The van der Waals surface area contributed by atoms with Crippen LogP contribution in [0.1, 0.15) is 36.8 Å². The number of unbranched alkanes of at least 4 members (excludes halogenated alkanes) is 3. The lowest BCUT2D eigenvalue weighted by Gasteiger charge is -2.13. The smallest absolute Gasteiger partial charge is 0.136 e. The average molecular weight is 463 g/mol. The molecule has 0 aliphatic carbocycles. The Labute approximate surface area is 180 Å². The van der Waals surface area contributed by atoms with Gasteiger partial charge in [0.2, 0.25) is 0 Å². The summed E-state index contributed by atoms with van der Waals surface area (Å²) in [6.45, 7) is 6.26. The van der Waals surface area contributed by atoms with Crippen LogP contribution in [-0.2, 0) is 0 Å². The maximum atomic E-state index is 14.6. The minimum absolute atomic E-state index is 0.183. The first-order valence-corrected chi connectivity index (χ1v) is 10.5. The molecule has 0 unspecified atom stereocenters. The molecule has 0 spiro atoms. The van der Waals surface area contributed by atoms with Crippen LogP contribution in [0.15, 0.2) is 64.7 Å². The molecule has 156 valence electrons. The van der Waals surface area contributed by atoms with Crippen molar-refractivity contribution in [1.29, 1.82) is 0 Å².